The monoisotopic (exact) mass is 339 g/mol. The maximum Gasteiger partial charge on any atom is 0.274 e. The molecule has 2 aromatic rings. The number of hydrogen-bond donors (Lipinski definition) is 1. The summed E-state index contributed by atoms with van der Waals surface area (Å²) in [7, 11) is 0. The molecule has 25 heavy (non-hydrogen) atoms. The lowest BCUT2D eigenvalue weighted by molar-refractivity contribution is -0.126. The third-order valence-corrected chi connectivity index (χ3v) is 4.27. The van der Waals surface area contributed by atoms with Gasteiger partial charge in [0.1, 0.15) is 5.69 Å². The number of carbonyl (C=O) groups is 2. The number of piperidine rings is 1. The first kappa shape index (κ1) is 17.0. The second-order valence-corrected chi connectivity index (χ2v) is 6.04. The number of carbonyl (C=O) groups excluding carboxylic acids is 2. The van der Waals surface area contributed by atoms with Crippen LogP contribution in [0.2, 0.25) is 0 Å². The minimum absolute atomic E-state index is 0.00687. The van der Waals surface area contributed by atoms with E-state index in [9.17, 15) is 9.59 Å². The summed E-state index contributed by atoms with van der Waals surface area (Å²) in [6.45, 7) is 1.61. The highest BCUT2D eigenvalue weighted by atomic mass is 16.2. The van der Waals surface area contributed by atoms with Crippen molar-refractivity contribution in [3.63, 3.8) is 0 Å². The van der Waals surface area contributed by atoms with Crippen LogP contribution in [0.4, 0.5) is 0 Å². The summed E-state index contributed by atoms with van der Waals surface area (Å²) in [6, 6.07) is 5.74. The van der Waals surface area contributed by atoms with Gasteiger partial charge in [0.15, 0.2) is 0 Å². The number of amides is 2. The Kier molecular flexibility index (Phi) is 5.66. The van der Waals surface area contributed by atoms with Crippen LogP contribution in [0.15, 0.2) is 43.0 Å². The van der Waals surface area contributed by atoms with Crippen LogP contribution in [0.1, 0.15) is 29.0 Å². The fourth-order valence-electron chi connectivity index (χ4n) is 2.95. The third-order valence-electron chi connectivity index (χ3n) is 4.27. The van der Waals surface area contributed by atoms with Crippen LogP contribution in [0.3, 0.4) is 0 Å². The Balaban J connectivity index is 1.50. The van der Waals surface area contributed by atoms with E-state index in [0.29, 0.717) is 31.7 Å². The number of nitrogens with zero attached hydrogens (tertiary/aromatic N) is 4. The summed E-state index contributed by atoms with van der Waals surface area (Å²) in [4.78, 5) is 38.8. The van der Waals surface area contributed by atoms with E-state index >= 15 is 0 Å². The van der Waals surface area contributed by atoms with Gasteiger partial charge in [0.25, 0.3) is 5.91 Å². The molecule has 1 atom stereocenters. The summed E-state index contributed by atoms with van der Waals surface area (Å²) in [6.07, 6.45) is 8.53. The molecule has 1 saturated heterocycles. The first-order chi connectivity index (χ1) is 12.2. The lowest BCUT2D eigenvalue weighted by Crippen LogP contribution is -2.46. The predicted octanol–water partition coefficient (Wildman–Crippen LogP) is 1.08. The van der Waals surface area contributed by atoms with Gasteiger partial charge in [-0.3, -0.25) is 19.6 Å². The molecule has 3 rings (SSSR count). The SMILES string of the molecule is O=C(NCCc1ccccn1)C1CCCN(C(=O)c2cnccn2)C1. The highest BCUT2D eigenvalue weighted by Crippen LogP contribution is 2.18. The van der Waals surface area contributed by atoms with Gasteiger partial charge in [0.05, 0.1) is 12.1 Å². The molecule has 1 aliphatic rings. The maximum atomic E-state index is 12.5. The van der Waals surface area contributed by atoms with Crippen LogP contribution in [0.25, 0.3) is 0 Å². The summed E-state index contributed by atoms with van der Waals surface area (Å²) >= 11 is 0. The number of rotatable bonds is 5. The Hall–Kier alpha value is -2.83. The van der Waals surface area contributed by atoms with Gasteiger partial charge >= 0.3 is 0 Å². The Morgan fingerprint density at radius 3 is 2.88 bits per heavy atom. The topological polar surface area (TPSA) is 88.1 Å². The van der Waals surface area contributed by atoms with Crippen LogP contribution < -0.4 is 5.32 Å². The standard InChI is InChI=1S/C18H21N5O2/c24-17(22-8-6-15-5-1-2-7-20-15)14-4-3-11-23(13-14)18(25)16-12-19-9-10-21-16/h1-2,5,7,9-10,12,14H,3-4,6,8,11,13H2,(H,22,24). The Morgan fingerprint density at radius 1 is 1.20 bits per heavy atom. The van der Waals surface area contributed by atoms with E-state index in [1.165, 1.54) is 18.6 Å². The van der Waals surface area contributed by atoms with Gasteiger partial charge in [-0.1, -0.05) is 6.07 Å². The number of aromatic nitrogens is 3. The number of likely N-dealkylation sites (tertiary alicyclic amines) is 1. The first-order valence-electron chi connectivity index (χ1n) is 8.47. The summed E-state index contributed by atoms with van der Waals surface area (Å²) in [5.74, 6) is -0.357. The predicted molar refractivity (Wildman–Crippen MR) is 91.6 cm³/mol. The normalized spacial score (nSPS) is 17.1. The summed E-state index contributed by atoms with van der Waals surface area (Å²) < 4.78 is 0. The number of nitrogens with one attached hydrogen (secondary N) is 1. The minimum atomic E-state index is -0.182. The Labute approximate surface area is 146 Å². The third kappa shape index (κ3) is 4.59. The molecule has 1 fully saturated rings. The smallest absolute Gasteiger partial charge is 0.274 e. The molecule has 130 valence electrons. The van der Waals surface area contributed by atoms with E-state index in [1.54, 1.807) is 11.1 Å². The van der Waals surface area contributed by atoms with Crippen molar-refractivity contribution < 1.29 is 9.59 Å². The van der Waals surface area contributed by atoms with Gasteiger partial charge in [0, 0.05) is 50.3 Å². The molecule has 7 heteroatoms. The molecule has 0 aromatic carbocycles. The van der Waals surface area contributed by atoms with Crippen molar-refractivity contribution in [2.45, 2.75) is 19.3 Å². The summed E-state index contributed by atoms with van der Waals surface area (Å²) in [5, 5.41) is 2.96. The van der Waals surface area contributed by atoms with Crippen LogP contribution in [-0.4, -0.2) is 51.3 Å². The largest absolute Gasteiger partial charge is 0.355 e. The van der Waals surface area contributed by atoms with E-state index in [4.69, 9.17) is 0 Å². The average Bonchev–Trinajstić information content (AvgIpc) is 2.69. The second kappa shape index (κ2) is 8.32. The van der Waals surface area contributed by atoms with E-state index in [0.717, 1.165) is 18.5 Å². The fraction of sp³-hybridized carbons (Fsp3) is 0.389. The van der Waals surface area contributed by atoms with Crippen molar-refractivity contribution in [3.05, 3.63) is 54.4 Å². The van der Waals surface area contributed by atoms with Crippen molar-refractivity contribution >= 4 is 11.8 Å². The van der Waals surface area contributed by atoms with Gasteiger partial charge < -0.3 is 10.2 Å². The van der Waals surface area contributed by atoms with Crippen LogP contribution in [-0.2, 0) is 11.2 Å². The lowest BCUT2D eigenvalue weighted by atomic mass is 9.97. The van der Waals surface area contributed by atoms with Crippen molar-refractivity contribution in [2.75, 3.05) is 19.6 Å². The van der Waals surface area contributed by atoms with Crippen molar-refractivity contribution in [3.8, 4) is 0 Å². The molecule has 0 bridgehead atoms. The van der Waals surface area contributed by atoms with Crippen LogP contribution in [0.5, 0.6) is 0 Å². The molecule has 0 aliphatic carbocycles. The first-order valence-corrected chi connectivity index (χ1v) is 8.47. The molecule has 1 aliphatic heterocycles. The minimum Gasteiger partial charge on any atom is -0.355 e. The molecule has 2 aromatic heterocycles. The van der Waals surface area contributed by atoms with E-state index in [-0.39, 0.29) is 17.7 Å². The number of hydrogen-bond acceptors (Lipinski definition) is 5. The van der Waals surface area contributed by atoms with Gasteiger partial charge in [0.2, 0.25) is 5.91 Å². The van der Waals surface area contributed by atoms with Crippen LogP contribution >= 0.6 is 0 Å². The van der Waals surface area contributed by atoms with Crippen LogP contribution in [0, 0.1) is 5.92 Å². The quantitative estimate of drug-likeness (QED) is 0.881. The second-order valence-electron chi connectivity index (χ2n) is 6.04. The highest BCUT2D eigenvalue weighted by molar-refractivity contribution is 5.92. The fourth-order valence-corrected chi connectivity index (χ4v) is 2.95. The van der Waals surface area contributed by atoms with Gasteiger partial charge in [-0.15, -0.1) is 0 Å². The molecule has 1 unspecified atom stereocenters. The molecule has 1 N–H and O–H groups in total. The molecular formula is C18H21N5O2. The zero-order valence-corrected chi connectivity index (χ0v) is 14.0. The molecule has 0 radical (unpaired) electrons. The van der Waals surface area contributed by atoms with Crippen molar-refractivity contribution in [1.82, 2.24) is 25.2 Å². The molecule has 7 nitrogen and oxygen atoms in total. The van der Waals surface area contributed by atoms with E-state index in [1.807, 2.05) is 18.2 Å². The molecule has 0 spiro atoms. The van der Waals surface area contributed by atoms with Gasteiger partial charge in [-0.25, -0.2) is 4.98 Å². The van der Waals surface area contributed by atoms with Crippen molar-refractivity contribution in [1.29, 1.82) is 0 Å². The molecule has 2 amide bonds. The van der Waals surface area contributed by atoms with Gasteiger partial charge in [-0.2, -0.15) is 0 Å². The highest BCUT2D eigenvalue weighted by Gasteiger charge is 2.29. The van der Waals surface area contributed by atoms with Crippen molar-refractivity contribution in [2.24, 2.45) is 5.92 Å². The Morgan fingerprint density at radius 2 is 2.12 bits per heavy atom. The van der Waals surface area contributed by atoms with Gasteiger partial charge in [-0.05, 0) is 25.0 Å². The number of pyridine rings is 1. The molecular weight excluding hydrogens is 318 g/mol. The molecule has 3 heterocycles. The zero-order chi connectivity index (χ0) is 17.5. The molecule has 0 saturated carbocycles. The maximum absolute atomic E-state index is 12.5. The lowest BCUT2D eigenvalue weighted by Gasteiger charge is -2.31. The summed E-state index contributed by atoms with van der Waals surface area (Å²) in [5.41, 5.74) is 1.27. The van der Waals surface area contributed by atoms with E-state index < -0.39 is 0 Å². The van der Waals surface area contributed by atoms with E-state index in [2.05, 4.69) is 20.3 Å². The zero-order valence-electron chi connectivity index (χ0n) is 14.0. The average molecular weight is 339 g/mol. The Bertz CT molecular complexity index is 708.